The second kappa shape index (κ2) is 5.33. The van der Waals surface area contributed by atoms with Crippen LogP contribution in [-0.2, 0) is 19.1 Å². The molecule has 2 unspecified atom stereocenters. The van der Waals surface area contributed by atoms with Crippen molar-refractivity contribution < 1.29 is 19.1 Å². The van der Waals surface area contributed by atoms with Crippen LogP contribution in [0.25, 0.3) is 0 Å². The maximum Gasteiger partial charge on any atom is 0.325 e. The number of allylic oxidation sites excluding steroid dienone is 1. The van der Waals surface area contributed by atoms with Gasteiger partial charge >= 0.3 is 11.9 Å². The van der Waals surface area contributed by atoms with Crippen LogP contribution in [0, 0.1) is 23.2 Å². The van der Waals surface area contributed by atoms with E-state index in [1.54, 1.807) is 0 Å². The highest BCUT2D eigenvalue weighted by Crippen LogP contribution is 2.60. The van der Waals surface area contributed by atoms with Gasteiger partial charge in [-0.15, -0.1) is 0 Å². The van der Waals surface area contributed by atoms with E-state index in [1.807, 2.05) is 6.92 Å². The maximum atomic E-state index is 12.3. The fourth-order valence-electron chi connectivity index (χ4n) is 4.86. The van der Waals surface area contributed by atoms with Crippen molar-refractivity contribution in [3.63, 3.8) is 0 Å². The van der Waals surface area contributed by atoms with Crippen molar-refractivity contribution in [2.75, 3.05) is 14.2 Å². The topological polar surface area (TPSA) is 64.6 Å². The molecule has 2 fully saturated rings. The van der Waals surface area contributed by atoms with Gasteiger partial charge in [-0.05, 0) is 43.4 Å². The summed E-state index contributed by atoms with van der Waals surface area (Å²) in [6, 6.07) is -0.142. The summed E-state index contributed by atoms with van der Waals surface area (Å²) in [5.74, 6) is 0.293. The summed E-state index contributed by atoms with van der Waals surface area (Å²) >= 11 is 0. The Morgan fingerprint density at radius 1 is 1.22 bits per heavy atom. The van der Waals surface area contributed by atoms with E-state index >= 15 is 0 Å². The highest BCUT2D eigenvalue weighted by atomic mass is 16.5. The normalized spacial score (nSPS) is 40.8. The summed E-state index contributed by atoms with van der Waals surface area (Å²) in [7, 11) is 2.79. The first-order valence-electron chi connectivity index (χ1n) is 8.38. The Labute approximate surface area is 137 Å². The Kier molecular flexibility index (Phi) is 3.82. The van der Waals surface area contributed by atoms with Gasteiger partial charge in [-0.1, -0.05) is 25.5 Å². The minimum absolute atomic E-state index is 0.142. The van der Waals surface area contributed by atoms with Crippen molar-refractivity contribution in [3.8, 4) is 0 Å². The maximum absolute atomic E-state index is 12.3. The van der Waals surface area contributed by atoms with Crippen molar-refractivity contribution >= 4 is 11.9 Å². The van der Waals surface area contributed by atoms with Crippen LogP contribution in [-0.4, -0.2) is 37.7 Å². The van der Waals surface area contributed by atoms with Crippen LogP contribution in [0.2, 0.25) is 0 Å². The van der Waals surface area contributed by atoms with Gasteiger partial charge in [0, 0.05) is 6.04 Å². The van der Waals surface area contributed by atoms with Crippen LogP contribution >= 0.6 is 0 Å². The molecule has 4 aliphatic rings. The third-order valence-corrected chi connectivity index (χ3v) is 6.51. The molecule has 1 heterocycles. The van der Waals surface area contributed by atoms with Crippen molar-refractivity contribution in [1.82, 2.24) is 5.32 Å². The number of methoxy groups -OCH3 is 2. The first kappa shape index (κ1) is 16.5. The molecule has 1 saturated carbocycles. The lowest BCUT2D eigenvalue weighted by Gasteiger charge is -2.57. The molecular formula is C18H27NO4. The molecule has 2 bridgehead atoms. The Balaban J connectivity index is 1.91. The van der Waals surface area contributed by atoms with E-state index in [4.69, 9.17) is 9.47 Å². The van der Waals surface area contributed by atoms with Crippen molar-refractivity contribution in [2.45, 2.75) is 51.6 Å². The van der Waals surface area contributed by atoms with Crippen molar-refractivity contribution in [3.05, 3.63) is 11.6 Å². The molecule has 0 aromatic rings. The van der Waals surface area contributed by atoms with Crippen LogP contribution in [0.3, 0.4) is 0 Å². The minimum atomic E-state index is -0.843. The van der Waals surface area contributed by atoms with Gasteiger partial charge in [-0.25, -0.2) is 0 Å². The Morgan fingerprint density at radius 2 is 1.91 bits per heavy atom. The molecule has 1 saturated heterocycles. The number of fused-ring (bicyclic) bond motifs is 1. The summed E-state index contributed by atoms with van der Waals surface area (Å²) in [5.41, 5.74) is 0.709. The summed E-state index contributed by atoms with van der Waals surface area (Å²) in [6.45, 7) is 6.42. The fourth-order valence-corrected chi connectivity index (χ4v) is 4.86. The van der Waals surface area contributed by atoms with Gasteiger partial charge < -0.3 is 9.47 Å². The number of carbonyl (C=O) groups excluding carboxylic acids is 2. The zero-order valence-electron chi connectivity index (χ0n) is 14.6. The lowest BCUT2D eigenvalue weighted by atomic mass is 9.48. The number of ether oxygens (including phenoxy) is 2. The number of rotatable bonds is 3. The van der Waals surface area contributed by atoms with Crippen LogP contribution in [0.15, 0.2) is 11.6 Å². The molecule has 1 N–H and O–H groups in total. The molecule has 0 aromatic heterocycles. The molecule has 5 atom stereocenters. The van der Waals surface area contributed by atoms with E-state index in [2.05, 4.69) is 25.2 Å². The van der Waals surface area contributed by atoms with Crippen LogP contribution < -0.4 is 5.32 Å². The molecule has 3 aliphatic carbocycles. The highest BCUT2D eigenvalue weighted by molar-refractivity contribution is 5.84. The summed E-state index contributed by atoms with van der Waals surface area (Å²) in [4.78, 5) is 24.5. The highest BCUT2D eigenvalue weighted by Gasteiger charge is 2.58. The lowest BCUT2D eigenvalue weighted by molar-refractivity contribution is -0.148. The summed E-state index contributed by atoms with van der Waals surface area (Å²) in [6.07, 6.45) is 4.92. The molecule has 5 heteroatoms. The van der Waals surface area contributed by atoms with Gasteiger partial charge in [0.05, 0.1) is 20.1 Å². The van der Waals surface area contributed by atoms with E-state index in [1.165, 1.54) is 26.2 Å². The zero-order valence-corrected chi connectivity index (χ0v) is 14.6. The van der Waals surface area contributed by atoms with Gasteiger partial charge in [-0.3, -0.25) is 14.9 Å². The molecule has 0 radical (unpaired) electrons. The van der Waals surface area contributed by atoms with Gasteiger partial charge in [0.15, 0.2) is 0 Å². The number of nitrogens with one attached hydrogen (secondary N) is 1. The zero-order chi connectivity index (χ0) is 17.0. The fraction of sp³-hybridized carbons (Fsp3) is 0.778. The molecule has 0 aromatic carbocycles. The van der Waals surface area contributed by atoms with Crippen LogP contribution in [0.4, 0.5) is 0 Å². The van der Waals surface area contributed by atoms with Gasteiger partial charge in [0.1, 0.15) is 5.54 Å². The average Bonchev–Trinajstić information content (AvgIpc) is 2.92. The van der Waals surface area contributed by atoms with Gasteiger partial charge in [0.25, 0.3) is 0 Å². The van der Waals surface area contributed by atoms with Gasteiger partial charge in [0.2, 0.25) is 0 Å². The molecule has 0 spiro atoms. The first-order valence-corrected chi connectivity index (χ1v) is 8.38. The van der Waals surface area contributed by atoms with Crippen LogP contribution in [0.5, 0.6) is 0 Å². The predicted octanol–water partition coefficient (Wildman–Crippen LogP) is 2.06. The first-order chi connectivity index (χ1) is 10.7. The molecular weight excluding hydrogens is 294 g/mol. The second-order valence-electron chi connectivity index (χ2n) is 8.03. The minimum Gasteiger partial charge on any atom is -0.469 e. The van der Waals surface area contributed by atoms with E-state index in [-0.39, 0.29) is 29.3 Å². The SMILES string of the molecule is COC(=O)[C@H]1C[C@@](C)(C(=O)OC)N[C@H]1C1=CCC2CC1C2(C)C. The number of esters is 2. The Bertz CT molecular complexity index is 567. The Hall–Kier alpha value is -1.36. The molecule has 0 amide bonds. The molecule has 5 nitrogen and oxygen atoms in total. The summed E-state index contributed by atoms with van der Waals surface area (Å²) in [5, 5.41) is 3.40. The van der Waals surface area contributed by atoms with E-state index < -0.39 is 5.54 Å². The number of hydrogen-bond donors (Lipinski definition) is 1. The average molecular weight is 321 g/mol. The quantitative estimate of drug-likeness (QED) is 0.637. The lowest BCUT2D eigenvalue weighted by Crippen LogP contribution is -2.54. The summed E-state index contributed by atoms with van der Waals surface area (Å²) < 4.78 is 9.94. The largest absolute Gasteiger partial charge is 0.469 e. The molecule has 128 valence electrons. The molecule has 4 rings (SSSR count). The molecule has 1 aliphatic heterocycles. The monoisotopic (exact) mass is 321 g/mol. The van der Waals surface area contributed by atoms with E-state index in [9.17, 15) is 9.59 Å². The third kappa shape index (κ3) is 2.32. The predicted molar refractivity (Wildman–Crippen MR) is 85.5 cm³/mol. The molecule has 23 heavy (non-hydrogen) atoms. The van der Waals surface area contributed by atoms with Gasteiger partial charge in [-0.2, -0.15) is 0 Å². The number of hydrogen-bond acceptors (Lipinski definition) is 5. The van der Waals surface area contributed by atoms with Crippen LogP contribution in [0.1, 0.15) is 40.0 Å². The van der Waals surface area contributed by atoms with Crippen molar-refractivity contribution in [2.24, 2.45) is 23.2 Å². The Morgan fingerprint density at radius 3 is 2.43 bits per heavy atom. The van der Waals surface area contributed by atoms with E-state index in [0.717, 1.165) is 12.3 Å². The number of carbonyl (C=O) groups is 2. The van der Waals surface area contributed by atoms with E-state index in [0.29, 0.717) is 12.3 Å². The smallest absolute Gasteiger partial charge is 0.325 e. The standard InChI is InChI=1S/C18H27NO4/c1-17(2)10-6-7-11(13(17)8-10)14-12(15(20)22-4)9-18(3,19-14)16(21)23-5/h7,10,12-14,19H,6,8-9H2,1-5H3/t10?,12-,13?,14-,18-/m0/s1. The van der Waals surface area contributed by atoms with Crippen molar-refractivity contribution in [1.29, 1.82) is 0 Å². The second-order valence-corrected chi connectivity index (χ2v) is 8.03. The third-order valence-electron chi connectivity index (χ3n) is 6.51.